The fraction of sp³-hybridized carbons (Fsp3) is 0.273. The molecular formula is C33H34GeN2O. The van der Waals surface area contributed by atoms with Gasteiger partial charge < -0.3 is 0 Å². The molecule has 5 rings (SSSR count). The fourth-order valence-electron chi connectivity index (χ4n) is 4.70. The number of rotatable bonds is 4. The molecule has 0 aliphatic heterocycles. The van der Waals surface area contributed by atoms with Gasteiger partial charge in [-0.15, -0.1) is 0 Å². The van der Waals surface area contributed by atoms with E-state index in [1.54, 1.807) is 32.9 Å². The molecule has 0 atom stereocenters. The second kappa shape index (κ2) is 9.19. The van der Waals surface area contributed by atoms with Crippen molar-refractivity contribution < 1.29 is 12.6 Å². The van der Waals surface area contributed by atoms with Crippen LogP contribution in [-0.2, 0) is 6.37 Å². The summed E-state index contributed by atoms with van der Waals surface area (Å²) in [6.07, 6.45) is -0.0528. The Morgan fingerprint density at radius 1 is 1.03 bits per heavy atom. The molecule has 0 bridgehead atoms. The van der Waals surface area contributed by atoms with Gasteiger partial charge in [-0.3, -0.25) is 0 Å². The van der Waals surface area contributed by atoms with Crippen LogP contribution in [0.3, 0.4) is 0 Å². The normalized spacial score (nSPS) is 15.4. The molecule has 37 heavy (non-hydrogen) atoms. The molecule has 0 amide bonds. The number of furan rings is 1. The van der Waals surface area contributed by atoms with Gasteiger partial charge in [-0.1, -0.05) is 0 Å². The molecule has 0 radical (unpaired) electrons. The van der Waals surface area contributed by atoms with Crippen molar-refractivity contribution in [2.45, 2.75) is 51.3 Å². The van der Waals surface area contributed by atoms with Gasteiger partial charge in [-0.25, -0.2) is 0 Å². The average Bonchev–Trinajstić information content (AvgIpc) is 3.28. The Balaban J connectivity index is 1.82. The zero-order valence-electron chi connectivity index (χ0n) is 28.1. The molecule has 0 aliphatic rings. The number of pyridine rings is 1. The average molecular weight is 553 g/mol. The van der Waals surface area contributed by atoms with E-state index in [1.165, 1.54) is 12.1 Å². The molecular weight excluding hydrogens is 513 g/mol. The summed E-state index contributed by atoms with van der Waals surface area (Å²) in [5, 5.41) is 11.1. The molecule has 3 aromatic carbocycles. The van der Waals surface area contributed by atoms with Gasteiger partial charge >= 0.3 is 231 Å². The Morgan fingerprint density at radius 2 is 1.84 bits per heavy atom. The summed E-state index contributed by atoms with van der Waals surface area (Å²) in [6.45, 7) is 2.71. The molecule has 0 fully saturated rings. The first kappa shape index (κ1) is 18.8. The number of hydrogen-bond acceptors (Lipinski definition) is 3. The Bertz CT molecular complexity index is 1940. The van der Waals surface area contributed by atoms with Gasteiger partial charge in [0, 0.05) is 0 Å². The van der Waals surface area contributed by atoms with Crippen LogP contribution in [0, 0.1) is 23.6 Å². The molecule has 5 aromatic rings. The topological polar surface area (TPSA) is 49.8 Å². The van der Waals surface area contributed by atoms with Gasteiger partial charge in [0.2, 0.25) is 0 Å². The van der Waals surface area contributed by atoms with E-state index in [9.17, 15) is 5.26 Å². The van der Waals surface area contributed by atoms with E-state index in [2.05, 4.69) is 23.3 Å². The van der Waals surface area contributed by atoms with Crippen LogP contribution in [0.1, 0.15) is 45.7 Å². The zero-order valence-corrected chi connectivity index (χ0v) is 24.2. The molecule has 0 unspecified atom stereocenters. The molecule has 186 valence electrons. The van der Waals surface area contributed by atoms with E-state index in [0.717, 1.165) is 15.2 Å². The second-order valence-electron chi connectivity index (χ2n) is 11.5. The molecule has 4 heteroatoms. The summed E-state index contributed by atoms with van der Waals surface area (Å²) in [5.41, 5.74) is 3.20. The van der Waals surface area contributed by atoms with Crippen LogP contribution in [-0.4, -0.2) is 18.3 Å². The number of para-hydroxylation sites is 1. The summed E-state index contributed by atoms with van der Waals surface area (Å²) >= 11 is -2.70. The van der Waals surface area contributed by atoms with Crippen molar-refractivity contribution in [1.29, 1.82) is 5.26 Å². The first-order valence-electron chi connectivity index (χ1n) is 15.4. The van der Waals surface area contributed by atoms with Gasteiger partial charge in [-0.05, 0) is 0 Å². The maximum atomic E-state index is 9.36. The first-order chi connectivity index (χ1) is 19.8. The third-order valence-electron chi connectivity index (χ3n) is 6.35. The third kappa shape index (κ3) is 4.96. The van der Waals surface area contributed by atoms with E-state index < -0.39 is 31.9 Å². The Kier molecular flexibility index (Phi) is 4.67. The van der Waals surface area contributed by atoms with Gasteiger partial charge in [-0.2, -0.15) is 0 Å². The maximum absolute atomic E-state index is 9.36. The van der Waals surface area contributed by atoms with Crippen LogP contribution in [0.25, 0.3) is 44.3 Å². The summed E-state index contributed by atoms with van der Waals surface area (Å²) in [4.78, 5) is 4.84. The van der Waals surface area contributed by atoms with Crippen LogP contribution < -0.4 is 4.40 Å². The van der Waals surface area contributed by atoms with Gasteiger partial charge in [0.05, 0.1) is 0 Å². The van der Waals surface area contributed by atoms with Crippen molar-refractivity contribution in [3.8, 4) is 28.5 Å². The number of aromatic nitrogens is 1. The van der Waals surface area contributed by atoms with Crippen molar-refractivity contribution >= 4 is 39.6 Å². The molecule has 0 saturated carbocycles. The minimum absolute atomic E-state index is 0.0345. The third-order valence-corrected chi connectivity index (χ3v) is 10.6. The van der Waals surface area contributed by atoms with E-state index in [-0.39, 0.29) is 22.7 Å². The number of hydrogen-bond donors (Lipinski definition) is 0. The van der Waals surface area contributed by atoms with E-state index in [0.29, 0.717) is 33.6 Å². The monoisotopic (exact) mass is 554 g/mol. The van der Waals surface area contributed by atoms with Gasteiger partial charge in [0.25, 0.3) is 0 Å². The van der Waals surface area contributed by atoms with Crippen molar-refractivity contribution in [2.24, 2.45) is 5.41 Å². The van der Waals surface area contributed by atoms with Crippen LogP contribution in [0.2, 0.25) is 17.3 Å². The summed E-state index contributed by atoms with van der Waals surface area (Å²) < 4.78 is 59.3. The SMILES string of the molecule is [2H]c1cc(C([2H])([2H])C(C)(C)C)cc(C([2H])([2H])[2H])c1-c1cc(-c2cccc3c2oc2cc(C#N)ccc23)nc[c]1[Ge]([CH3])([CH3])[CH3]. The number of nitrogens with zero attached hydrogens (tertiary/aromatic N) is 2. The van der Waals surface area contributed by atoms with Gasteiger partial charge in [0.1, 0.15) is 0 Å². The standard InChI is InChI=1S/C33H34GeN2O/c1-21-15-22(18-33(2,3)4)11-13-24(21)28-17-30(36-20-29(28)34(5,6)7)27-10-8-9-26-25-14-12-23(19-35)16-31(25)37-32(26)27/h8-17,20H,18H2,1-7H3/i1D3,13D,18D2. The predicted octanol–water partition coefficient (Wildman–Crippen LogP) is 8.63. The Morgan fingerprint density at radius 3 is 2.54 bits per heavy atom. The van der Waals surface area contributed by atoms with Crippen LogP contribution >= 0.6 is 0 Å². The molecule has 0 spiro atoms. The molecule has 2 aromatic heterocycles. The van der Waals surface area contributed by atoms with Crippen LogP contribution in [0.4, 0.5) is 0 Å². The number of fused-ring (bicyclic) bond motifs is 3. The summed E-state index contributed by atoms with van der Waals surface area (Å²) in [6, 6.07) is 18.0. The number of aryl methyl sites for hydroxylation is 1. The number of benzene rings is 3. The summed E-state index contributed by atoms with van der Waals surface area (Å²) in [5.74, 6) is 6.58. The van der Waals surface area contributed by atoms with Crippen LogP contribution in [0.5, 0.6) is 0 Å². The second-order valence-corrected chi connectivity index (χ2v) is 22.1. The van der Waals surface area contributed by atoms with Crippen LogP contribution in [0.15, 0.2) is 71.3 Å². The Hall–Kier alpha value is -3.36. The molecule has 0 N–H and O–H groups in total. The van der Waals surface area contributed by atoms with E-state index >= 15 is 0 Å². The van der Waals surface area contributed by atoms with E-state index in [1.807, 2.05) is 36.5 Å². The summed E-state index contributed by atoms with van der Waals surface area (Å²) in [7, 11) is 0. The Labute approximate surface area is 230 Å². The zero-order chi connectivity index (χ0) is 31.7. The quantitative estimate of drug-likeness (QED) is 0.210. The minimum atomic E-state index is -2.70. The van der Waals surface area contributed by atoms with Gasteiger partial charge in [0.15, 0.2) is 0 Å². The van der Waals surface area contributed by atoms with E-state index in [4.69, 9.17) is 17.6 Å². The first-order valence-corrected chi connectivity index (χ1v) is 19.7. The molecule has 2 heterocycles. The molecule has 0 saturated heterocycles. The fourth-order valence-corrected chi connectivity index (χ4v) is 7.76. The number of nitriles is 1. The van der Waals surface area contributed by atoms with Crippen molar-refractivity contribution in [2.75, 3.05) is 0 Å². The van der Waals surface area contributed by atoms with Crippen molar-refractivity contribution in [3.63, 3.8) is 0 Å². The molecule has 3 nitrogen and oxygen atoms in total. The molecule has 0 aliphatic carbocycles. The van der Waals surface area contributed by atoms with Crippen molar-refractivity contribution in [1.82, 2.24) is 4.98 Å². The predicted molar refractivity (Wildman–Crippen MR) is 158 cm³/mol. The van der Waals surface area contributed by atoms with Crippen molar-refractivity contribution in [3.05, 3.63) is 83.5 Å².